The van der Waals surface area contributed by atoms with E-state index < -0.39 is 52.0 Å². The number of phenols is 1. The van der Waals surface area contributed by atoms with E-state index in [2.05, 4.69) is 26.1 Å². The van der Waals surface area contributed by atoms with Gasteiger partial charge in [-0.25, -0.2) is 0 Å². The highest BCUT2D eigenvalue weighted by Crippen LogP contribution is 2.52. The summed E-state index contributed by atoms with van der Waals surface area (Å²) < 4.78 is 0. The van der Waals surface area contributed by atoms with Gasteiger partial charge in [0.15, 0.2) is 11.4 Å². The molecule has 194 valence electrons. The maximum Gasteiger partial charge on any atom is 0.255 e. The number of hydrogen-bond donors (Lipinski definition) is 6. The van der Waals surface area contributed by atoms with Crippen molar-refractivity contribution in [3.8, 4) is 5.75 Å². The minimum absolute atomic E-state index is 0.0299. The van der Waals surface area contributed by atoms with Gasteiger partial charge in [0.25, 0.3) is 5.91 Å². The number of hydrogen-bond acceptors (Lipinski definition) is 8. The summed E-state index contributed by atoms with van der Waals surface area (Å²) in [6.07, 6.45) is 0.0502. The van der Waals surface area contributed by atoms with Crippen molar-refractivity contribution in [3.05, 3.63) is 52.3 Å². The molecule has 2 aromatic rings. The molecule has 3 aliphatic carbocycles. The normalized spacial score (nSPS) is 25.6. The van der Waals surface area contributed by atoms with Crippen LogP contribution in [0.2, 0.25) is 0 Å². The zero-order valence-electron chi connectivity index (χ0n) is 20.9. The van der Waals surface area contributed by atoms with Crippen LogP contribution in [0, 0.1) is 17.3 Å². The van der Waals surface area contributed by atoms with Gasteiger partial charge >= 0.3 is 0 Å². The first-order chi connectivity index (χ1) is 17.2. The zero-order valence-corrected chi connectivity index (χ0v) is 20.9. The fourth-order valence-electron chi connectivity index (χ4n) is 5.87. The van der Waals surface area contributed by atoms with Gasteiger partial charge in [0.2, 0.25) is 5.78 Å². The second kappa shape index (κ2) is 8.08. The summed E-state index contributed by atoms with van der Waals surface area (Å²) in [4.78, 5) is 37.8. The molecule has 3 aliphatic rings. The highest BCUT2D eigenvalue weighted by molar-refractivity contribution is 6.22. The minimum Gasteiger partial charge on any atom is -0.508 e. The third kappa shape index (κ3) is 3.68. The van der Waals surface area contributed by atoms with Crippen LogP contribution in [0.15, 0.2) is 41.2 Å². The number of anilines is 1. The van der Waals surface area contributed by atoms with Crippen LogP contribution >= 0.6 is 0 Å². The minimum atomic E-state index is -2.56. The number of nitrogens with one attached hydrogen (secondary N) is 1. The Kier molecular flexibility index (Phi) is 5.42. The lowest BCUT2D eigenvalue weighted by molar-refractivity contribution is -0.147. The van der Waals surface area contributed by atoms with Gasteiger partial charge < -0.3 is 31.5 Å². The van der Waals surface area contributed by atoms with Crippen molar-refractivity contribution < 1.29 is 34.8 Å². The van der Waals surface area contributed by atoms with E-state index in [0.29, 0.717) is 17.5 Å². The number of nitrogens with two attached hydrogens (primary N) is 1. The third-order valence-corrected chi connectivity index (χ3v) is 7.69. The van der Waals surface area contributed by atoms with E-state index in [1.807, 2.05) is 18.2 Å². The van der Waals surface area contributed by atoms with Gasteiger partial charge in [0.1, 0.15) is 22.8 Å². The number of aliphatic hydroxyl groups excluding tert-OH is 2. The van der Waals surface area contributed by atoms with E-state index in [0.717, 1.165) is 11.1 Å². The maximum absolute atomic E-state index is 13.6. The molecule has 1 amide bonds. The first-order valence-electron chi connectivity index (χ1n) is 12.2. The molecule has 9 nitrogen and oxygen atoms in total. The van der Waals surface area contributed by atoms with Gasteiger partial charge in [-0.2, -0.15) is 0 Å². The van der Waals surface area contributed by atoms with Gasteiger partial charge in [-0.1, -0.05) is 32.9 Å². The number of aliphatic hydroxyl groups is 3. The van der Waals surface area contributed by atoms with Gasteiger partial charge in [-0.3, -0.25) is 14.4 Å². The summed E-state index contributed by atoms with van der Waals surface area (Å²) in [5.74, 6) is -6.27. The Balaban J connectivity index is 1.64. The number of rotatable bonds is 3. The van der Waals surface area contributed by atoms with Crippen LogP contribution in [0.25, 0.3) is 16.5 Å². The number of fused-ring (bicyclic) bond motifs is 4. The Hall–Kier alpha value is -3.85. The second-order valence-corrected chi connectivity index (χ2v) is 11.5. The van der Waals surface area contributed by atoms with E-state index in [9.17, 15) is 34.8 Å². The third-order valence-electron chi connectivity index (χ3n) is 7.69. The van der Waals surface area contributed by atoms with Crippen molar-refractivity contribution in [1.82, 2.24) is 0 Å². The van der Waals surface area contributed by atoms with Crippen LogP contribution in [0.4, 0.5) is 5.69 Å². The number of carbonyl (C=O) groups is 3. The average Bonchev–Trinajstić information content (AvgIpc) is 2.79. The van der Waals surface area contributed by atoms with Crippen LogP contribution in [-0.4, -0.2) is 50.0 Å². The van der Waals surface area contributed by atoms with E-state index in [1.165, 1.54) is 0 Å². The van der Waals surface area contributed by atoms with Crippen molar-refractivity contribution >= 4 is 39.7 Å². The Morgan fingerprint density at radius 2 is 1.84 bits per heavy atom. The molecule has 9 heteroatoms. The molecule has 0 saturated heterocycles. The van der Waals surface area contributed by atoms with Gasteiger partial charge in [0, 0.05) is 35.5 Å². The van der Waals surface area contributed by atoms with Gasteiger partial charge in [0.05, 0.1) is 5.56 Å². The van der Waals surface area contributed by atoms with Crippen LogP contribution in [0.3, 0.4) is 0 Å². The van der Waals surface area contributed by atoms with Crippen molar-refractivity contribution in [2.45, 2.75) is 45.6 Å². The molecule has 2 aromatic carbocycles. The number of aromatic hydroxyl groups is 1. The number of primary amides is 1. The van der Waals surface area contributed by atoms with Crippen LogP contribution in [-0.2, 0) is 20.8 Å². The summed E-state index contributed by atoms with van der Waals surface area (Å²) in [7, 11) is 0. The molecule has 0 bridgehead atoms. The molecular weight excluding hydrogens is 476 g/mol. The first-order valence-corrected chi connectivity index (χ1v) is 12.2. The largest absolute Gasteiger partial charge is 0.508 e. The van der Waals surface area contributed by atoms with Crippen molar-refractivity contribution in [2.75, 3.05) is 11.9 Å². The monoisotopic (exact) mass is 506 g/mol. The number of phenolic OH excluding ortho intramolecular Hbond substituents is 1. The Morgan fingerprint density at radius 3 is 2.49 bits per heavy atom. The predicted molar refractivity (Wildman–Crippen MR) is 137 cm³/mol. The average molecular weight is 507 g/mol. The van der Waals surface area contributed by atoms with Crippen molar-refractivity contribution in [3.63, 3.8) is 0 Å². The molecule has 5 rings (SSSR count). The molecular formula is C28H30N2O7. The van der Waals surface area contributed by atoms with Crippen LogP contribution in [0.5, 0.6) is 5.75 Å². The molecule has 1 saturated carbocycles. The fraction of sp³-hybridized carbons (Fsp3) is 0.393. The first kappa shape index (κ1) is 24.8. The van der Waals surface area contributed by atoms with Gasteiger partial charge in [-0.05, 0) is 47.3 Å². The molecule has 0 aliphatic heterocycles. The smallest absolute Gasteiger partial charge is 0.255 e. The lowest BCUT2D eigenvalue weighted by Crippen LogP contribution is -2.58. The molecule has 0 heterocycles. The Labute approximate surface area is 213 Å². The standard InChI is InChI=1S/C28H30N2O7/c1-27(2,3)11-30-16-5-4-12-6-13-7-14-8-15-9-18(31)21(26(29)36)25(35)28(15,37)24(34)20(14)23(33)19(13)22(32)17(12)10-16/h4-6,10,14-15,30,32-33,35,37H,7-9,11H2,1-3H3,(H2,29,36)/t14?,15-,28-/m0/s1. The number of Topliss-reactive ketones (excluding diaryl/α,β-unsaturated/α-hetero) is 2. The quantitative estimate of drug-likeness (QED) is 0.345. The predicted octanol–water partition coefficient (Wildman–Crippen LogP) is 3.04. The van der Waals surface area contributed by atoms with E-state index in [-0.39, 0.29) is 41.6 Å². The molecule has 1 unspecified atom stereocenters. The Bertz CT molecular complexity index is 1460. The summed E-state index contributed by atoms with van der Waals surface area (Å²) >= 11 is 0. The lowest BCUT2D eigenvalue weighted by atomic mass is 9.59. The number of benzene rings is 2. The van der Waals surface area contributed by atoms with Crippen molar-refractivity contribution in [1.29, 1.82) is 0 Å². The summed E-state index contributed by atoms with van der Waals surface area (Å²) in [5, 5.41) is 49.1. The topological polar surface area (TPSA) is 170 Å². The Morgan fingerprint density at radius 1 is 1.14 bits per heavy atom. The highest BCUT2D eigenvalue weighted by atomic mass is 16.3. The number of ketones is 2. The number of carbonyl (C=O) groups excluding carboxylic acids is 3. The van der Waals surface area contributed by atoms with Crippen LogP contribution in [0.1, 0.15) is 44.7 Å². The van der Waals surface area contributed by atoms with E-state index in [1.54, 1.807) is 6.07 Å². The molecule has 3 atom stereocenters. The lowest BCUT2D eigenvalue weighted by Gasteiger charge is -2.46. The van der Waals surface area contributed by atoms with Crippen LogP contribution < -0.4 is 11.1 Å². The maximum atomic E-state index is 13.6. The van der Waals surface area contributed by atoms with Gasteiger partial charge in [-0.15, -0.1) is 0 Å². The fourth-order valence-corrected chi connectivity index (χ4v) is 5.87. The number of amides is 1. The molecule has 0 aromatic heterocycles. The highest BCUT2D eigenvalue weighted by Gasteiger charge is 2.60. The zero-order chi connectivity index (χ0) is 27.0. The van der Waals surface area contributed by atoms with E-state index >= 15 is 0 Å². The summed E-state index contributed by atoms with van der Waals surface area (Å²) in [6.45, 7) is 6.98. The molecule has 1 fully saturated rings. The molecule has 0 radical (unpaired) electrons. The molecule has 0 spiro atoms. The van der Waals surface area contributed by atoms with E-state index in [4.69, 9.17) is 5.73 Å². The van der Waals surface area contributed by atoms with Crippen molar-refractivity contribution in [2.24, 2.45) is 23.0 Å². The summed E-state index contributed by atoms with van der Waals surface area (Å²) in [6, 6.07) is 7.40. The molecule has 7 N–H and O–H groups in total. The molecule has 37 heavy (non-hydrogen) atoms. The SMILES string of the molecule is CC(C)(C)CNc1ccc2cc3c(c(O)c2c1)C(O)=C1C(=O)[C@]2(O)C(O)=C(C(N)=O)C(=O)C[C@@H]2CC1C3. The second-order valence-electron chi connectivity index (χ2n) is 11.5. The summed E-state index contributed by atoms with van der Waals surface area (Å²) in [5.41, 5.74) is 3.25.